The van der Waals surface area contributed by atoms with Gasteiger partial charge in [0, 0.05) is 6.42 Å². The number of esters is 1. The Kier molecular flexibility index (Phi) is 8.74. The fraction of sp³-hybridized carbons (Fsp3) is 0.944. The highest BCUT2D eigenvalue weighted by molar-refractivity contribution is 5.69. The zero-order valence-electron chi connectivity index (χ0n) is 17.2. The van der Waals surface area contributed by atoms with E-state index in [-0.39, 0.29) is 12.1 Å². The van der Waals surface area contributed by atoms with Crippen LogP contribution in [-0.2, 0) is 9.53 Å². The summed E-state index contributed by atoms with van der Waals surface area (Å²) >= 11 is 0. The van der Waals surface area contributed by atoms with Gasteiger partial charge in [0.05, 0.1) is 70.0 Å². The Labute approximate surface area is 144 Å². The molecule has 0 bridgehead atoms. The highest BCUT2D eigenvalue weighted by Crippen LogP contribution is 2.09. The number of hydrogen-bond acceptors (Lipinski definition) is 2. The van der Waals surface area contributed by atoms with Crippen LogP contribution in [0.15, 0.2) is 0 Å². The molecule has 0 heterocycles. The molecule has 0 aromatic heterocycles. The molecule has 0 aliphatic heterocycles. The summed E-state index contributed by atoms with van der Waals surface area (Å²) < 4.78 is 8.38. The Morgan fingerprint density at radius 3 is 1.61 bits per heavy atom. The van der Waals surface area contributed by atoms with Crippen LogP contribution in [-0.4, -0.2) is 109 Å². The fourth-order valence-electron chi connectivity index (χ4n) is 2.63. The van der Waals surface area contributed by atoms with Gasteiger partial charge in [-0.15, -0.1) is 0 Å². The molecule has 0 saturated heterocycles. The maximum Gasteiger partial charge on any atom is 0.306 e. The molecule has 5 nitrogen and oxygen atoms in total. The lowest BCUT2D eigenvalue weighted by Crippen LogP contribution is -2.50. The average Bonchev–Trinajstić information content (AvgIpc) is 2.21. The van der Waals surface area contributed by atoms with E-state index in [1.165, 1.54) is 0 Å². The molecule has 0 aliphatic carbocycles. The summed E-state index contributed by atoms with van der Waals surface area (Å²) in [5, 5.41) is 0. The predicted octanol–water partition coefficient (Wildman–Crippen LogP) is 1.58. The van der Waals surface area contributed by atoms with E-state index in [1.807, 2.05) is 0 Å². The van der Waals surface area contributed by atoms with Gasteiger partial charge in [-0.2, -0.15) is 0 Å². The molecule has 0 rings (SSSR count). The Morgan fingerprint density at radius 1 is 0.739 bits per heavy atom. The van der Waals surface area contributed by atoms with Crippen LogP contribution in [0.25, 0.3) is 0 Å². The first kappa shape index (κ1) is 22.4. The van der Waals surface area contributed by atoms with Crippen molar-refractivity contribution in [2.75, 3.05) is 83.1 Å². The summed E-state index contributed by atoms with van der Waals surface area (Å²) in [7, 11) is 19.4. The van der Waals surface area contributed by atoms with Crippen LogP contribution in [0.1, 0.15) is 25.7 Å². The monoisotopic (exact) mass is 332 g/mol. The molecule has 0 atom stereocenters. The van der Waals surface area contributed by atoms with Crippen LogP contribution in [0, 0.1) is 0 Å². The largest absolute Gasteiger partial charge is 0.450 e. The van der Waals surface area contributed by atoms with Crippen molar-refractivity contribution in [2.24, 2.45) is 0 Å². The smallest absolute Gasteiger partial charge is 0.306 e. The summed E-state index contributed by atoms with van der Waals surface area (Å²) in [6, 6.07) is 0. The van der Waals surface area contributed by atoms with Crippen LogP contribution in [0.5, 0.6) is 0 Å². The van der Waals surface area contributed by atoms with Gasteiger partial charge < -0.3 is 18.2 Å². The van der Waals surface area contributed by atoms with Crippen LogP contribution in [0.2, 0.25) is 0 Å². The van der Waals surface area contributed by atoms with Crippen LogP contribution in [0.3, 0.4) is 0 Å². The third-order valence-electron chi connectivity index (χ3n) is 3.51. The lowest BCUT2D eigenvalue weighted by Gasteiger charge is -2.33. The normalized spacial score (nSPS) is 13.5. The molecule has 0 fully saturated rings. The SMILES string of the molecule is C[N+](C)(C)CCCCCC(=O)OC(C[N+](C)(C)C)C[N+](C)(C)C. The molecule has 0 spiro atoms. The molecule has 0 aliphatic rings. The second kappa shape index (κ2) is 9.00. The molecule has 0 aromatic rings. The zero-order chi connectivity index (χ0) is 18.3. The molecule has 0 radical (unpaired) electrons. The van der Waals surface area contributed by atoms with Crippen molar-refractivity contribution in [1.82, 2.24) is 0 Å². The fourth-order valence-corrected chi connectivity index (χ4v) is 2.63. The van der Waals surface area contributed by atoms with Gasteiger partial charge in [0.1, 0.15) is 13.1 Å². The maximum absolute atomic E-state index is 12.1. The molecule has 0 aromatic carbocycles. The first-order chi connectivity index (χ1) is 10.2. The van der Waals surface area contributed by atoms with Gasteiger partial charge in [0.15, 0.2) is 6.10 Å². The quantitative estimate of drug-likeness (QED) is 0.326. The highest BCUT2D eigenvalue weighted by Gasteiger charge is 2.27. The number of rotatable bonds is 11. The number of quaternary nitrogens is 3. The summed E-state index contributed by atoms with van der Waals surface area (Å²) in [6.07, 6.45) is 3.72. The van der Waals surface area contributed by atoms with Crippen molar-refractivity contribution in [1.29, 1.82) is 0 Å². The number of nitrogens with zero attached hydrogens (tertiary/aromatic N) is 3. The van der Waals surface area contributed by atoms with Gasteiger partial charge in [0.25, 0.3) is 0 Å². The summed E-state index contributed by atoms with van der Waals surface area (Å²) in [6.45, 7) is 2.85. The predicted molar refractivity (Wildman–Crippen MR) is 97.0 cm³/mol. The van der Waals surface area contributed by atoms with Gasteiger partial charge >= 0.3 is 5.97 Å². The average molecular weight is 333 g/mol. The first-order valence-electron chi connectivity index (χ1n) is 8.79. The lowest BCUT2D eigenvalue weighted by atomic mass is 10.2. The molecule has 23 heavy (non-hydrogen) atoms. The Balaban J connectivity index is 4.22. The van der Waals surface area contributed by atoms with E-state index in [0.717, 1.165) is 52.3 Å². The van der Waals surface area contributed by atoms with E-state index in [2.05, 4.69) is 63.4 Å². The van der Waals surface area contributed by atoms with Crippen LogP contribution >= 0.6 is 0 Å². The molecular formula is C18H42N3O2+3. The van der Waals surface area contributed by atoms with Crippen molar-refractivity contribution >= 4 is 5.97 Å². The van der Waals surface area contributed by atoms with Crippen LogP contribution < -0.4 is 0 Å². The van der Waals surface area contributed by atoms with E-state index in [0.29, 0.717) is 6.42 Å². The van der Waals surface area contributed by atoms with E-state index >= 15 is 0 Å². The number of carbonyl (C=O) groups excluding carboxylic acids is 1. The van der Waals surface area contributed by atoms with Crippen LogP contribution in [0.4, 0.5) is 0 Å². The minimum Gasteiger partial charge on any atom is -0.450 e. The standard InChI is InChI=1S/C18H42N3O2/c1-19(2,3)14-12-10-11-13-18(22)23-17(15-20(4,5)6)16-21(7,8)9/h17H,10-16H2,1-9H3/q+3. The Bertz CT molecular complexity index is 333. The summed E-state index contributed by atoms with van der Waals surface area (Å²) in [4.78, 5) is 12.1. The lowest BCUT2D eigenvalue weighted by molar-refractivity contribution is -0.895. The van der Waals surface area contributed by atoms with Gasteiger partial charge in [-0.1, -0.05) is 0 Å². The Hall–Kier alpha value is -0.650. The molecule has 0 N–H and O–H groups in total. The third kappa shape index (κ3) is 16.0. The van der Waals surface area contributed by atoms with Crippen molar-refractivity contribution in [3.63, 3.8) is 0 Å². The molecule has 0 amide bonds. The molecule has 5 heteroatoms. The van der Waals surface area contributed by atoms with E-state index in [1.54, 1.807) is 0 Å². The number of hydrogen-bond donors (Lipinski definition) is 0. The molecular weight excluding hydrogens is 290 g/mol. The second-order valence-electron chi connectivity index (χ2n) is 9.88. The zero-order valence-corrected chi connectivity index (χ0v) is 17.2. The first-order valence-corrected chi connectivity index (χ1v) is 8.79. The third-order valence-corrected chi connectivity index (χ3v) is 3.51. The van der Waals surface area contributed by atoms with Gasteiger partial charge in [0.2, 0.25) is 0 Å². The van der Waals surface area contributed by atoms with Gasteiger partial charge in [-0.25, -0.2) is 0 Å². The maximum atomic E-state index is 12.1. The van der Waals surface area contributed by atoms with Crippen molar-refractivity contribution < 1.29 is 23.0 Å². The minimum absolute atomic E-state index is 0.0197. The van der Waals surface area contributed by atoms with E-state index in [4.69, 9.17) is 4.74 Å². The Morgan fingerprint density at radius 2 is 1.22 bits per heavy atom. The van der Waals surface area contributed by atoms with E-state index < -0.39 is 0 Å². The number of likely N-dealkylation sites (N-methyl/N-ethyl adjacent to an activating group) is 2. The number of ether oxygens (including phenoxy) is 1. The topological polar surface area (TPSA) is 26.3 Å². The second-order valence-corrected chi connectivity index (χ2v) is 9.88. The minimum atomic E-state index is -0.0397. The molecule has 138 valence electrons. The van der Waals surface area contributed by atoms with Crippen molar-refractivity contribution in [3.05, 3.63) is 0 Å². The van der Waals surface area contributed by atoms with Gasteiger partial charge in [-0.3, -0.25) is 4.79 Å². The van der Waals surface area contributed by atoms with Crippen molar-refractivity contribution in [2.45, 2.75) is 31.8 Å². The molecule has 0 saturated carbocycles. The van der Waals surface area contributed by atoms with Gasteiger partial charge in [-0.05, 0) is 19.3 Å². The molecule has 0 unspecified atom stereocenters. The van der Waals surface area contributed by atoms with Crippen molar-refractivity contribution in [3.8, 4) is 0 Å². The number of unbranched alkanes of at least 4 members (excludes halogenated alkanes) is 2. The summed E-state index contributed by atoms with van der Waals surface area (Å²) in [5.41, 5.74) is 0. The summed E-state index contributed by atoms with van der Waals surface area (Å²) in [5.74, 6) is -0.0397. The highest BCUT2D eigenvalue weighted by atomic mass is 16.5. The van der Waals surface area contributed by atoms with E-state index in [9.17, 15) is 4.79 Å². The number of carbonyl (C=O) groups is 1.